The van der Waals surface area contributed by atoms with Gasteiger partial charge in [0.2, 0.25) is 0 Å². The van der Waals surface area contributed by atoms with E-state index in [1.807, 2.05) is 4.68 Å². The largest absolute Gasteiger partial charge is 0.246 e. The Morgan fingerprint density at radius 2 is 1.60 bits per heavy atom. The van der Waals surface area contributed by atoms with Gasteiger partial charge in [-0.15, -0.1) is 5.10 Å². The van der Waals surface area contributed by atoms with Crippen molar-refractivity contribution in [3.05, 3.63) is 11.4 Å². The van der Waals surface area contributed by atoms with Crippen LogP contribution >= 0.6 is 0 Å². The molecule has 1 heterocycles. The molecule has 3 nitrogen and oxygen atoms in total. The highest BCUT2D eigenvalue weighted by molar-refractivity contribution is 5.22. The molecule has 0 atom stereocenters. The van der Waals surface area contributed by atoms with E-state index in [2.05, 4.69) is 58.8 Å². The number of rotatable bonds is 2. The number of nitrogens with zero attached hydrogens (tertiary/aromatic N) is 3. The van der Waals surface area contributed by atoms with E-state index in [9.17, 15) is 0 Å². The summed E-state index contributed by atoms with van der Waals surface area (Å²) in [5, 5.41) is 8.61. The topological polar surface area (TPSA) is 30.7 Å². The lowest BCUT2D eigenvalue weighted by atomic mass is 9.88. The van der Waals surface area contributed by atoms with E-state index in [0.717, 1.165) is 5.69 Å². The molecule has 0 saturated carbocycles. The third-order valence-corrected chi connectivity index (χ3v) is 2.48. The fraction of sp³-hybridized carbons (Fsp3) is 0.833. The highest BCUT2D eigenvalue weighted by Gasteiger charge is 2.26. The highest BCUT2D eigenvalue weighted by atomic mass is 15.4. The first-order valence-corrected chi connectivity index (χ1v) is 5.70. The van der Waals surface area contributed by atoms with E-state index in [1.165, 1.54) is 5.69 Å². The predicted octanol–water partition coefficient (Wildman–Crippen LogP) is 3.28. The van der Waals surface area contributed by atoms with Crippen molar-refractivity contribution < 1.29 is 0 Å². The van der Waals surface area contributed by atoms with Crippen molar-refractivity contribution in [2.24, 2.45) is 0 Å². The Balaban J connectivity index is 3.31. The van der Waals surface area contributed by atoms with Gasteiger partial charge in [0.25, 0.3) is 0 Å². The van der Waals surface area contributed by atoms with Gasteiger partial charge >= 0.3 is 0 Å². The number of hydrogen-bond donors (Lipinski definition) is 0. The van der Waals surface area contributed by atoms with E-state index < -0.39 is 0 Å². The molecule has 1 aromatic heterocycles. The third-order valence-electron chi connectivity index (χ3n) is 2.48. The maximum Gasteiger partial charge on any atom is 0.0915 e. The Bertz CT molecular complexity index is 329. The molecule has 0 unspecified atom stereocenters. The summed E-state index contributed by atoms with van der Waals surface area (Å²) in [6, 6.07) is 0.381. The van der Waals surface area contributed by atoms with E-state index >= 15 is 0 Å². The van der Waals surface area contributed by atoms with Gasteiger partial charge in [0.05, 0.1) is 11.4 Å². The summed E-state index contributed by atoms with van der Waals surface area (Å²) in [6.45, 7) is 15.3. The van der Waals surface area contributed by atoms with Crippen molar-refractivity contribution in [2.75, 3.05) is 0 Å². The molecule has 15 heavy (non-hydrogen) atoms. The smallest absolute Gasteiger partial charge is 0.0915 e. The molecule has 0 radical (unpaired) electrons. The Kier molecular flexibility index (Phi) is 3.22. The van der Waals surface area contributed by atoms with Gasteiger partial charge in [-0.2, -0.15) is 0 Å². The second-order valence-electron chi connectivity index (χ2n) is 5.77. The quantitative estimate of drug-likeness (QED) is 0.748. The normalized spacial score (nSPS) is 12.9. The molecule has 86 valence electrons. The summed E-state index contributed by atoms with van der Waals surface area (Å²) >= 11 is 0. The molecule has 0 aliphatic heterocycles. The van der Waals surface area contributed by atoms with Gasteiger partial charge in [-0.3, -0.25) is 0 Å². The highest BCUT2D eigenvalue weighted by Crippen LogP contribution is 2.29. The van der Waals surface area contributed by atoms with E-state index in [4.69, 9.17) is 0 Å². The minimum atomic E-state index is 0.0761. The lowest BCUT2D eigenvalue weighted by molar-refractivity contribution is 0.482. The van der Waals surface area contributed by atoms with Crippen LogP contribution in [0.1, 0.15) is 71.8 Å². The second kappa shape index (κ2) is 3.95. The van der Waals surface area contributed by atoms with Crippen LogP contribution in [0.25, 0.3) is 0 Å². The first-order chi connectivity index (χ1) is 6.75. The van der Waals surface area contributed by atoms with Crippen molar-refractivity contribution in [3.63, 3.8) is 0 Å². The van der Waals surface area contributed by atoms with Crippen LogP contribution in [0.3, 0.4) is 0 Å². The Labute approximate surface area is 92.9 Å². The van der Waals surface area contributed by atoms with Crippen LogP contribution in [0.15, 0.2) is 0 Å². The van der Waals surface area contributed by atoms with Crippen LogP contribution in [-0.4, -0.2) is 15.0 Å². The Morgan fingerprint density at radius 3 is 1.93 bits per heavy atom. The predicted molar refractivity (Wildman–Crippen MR) is 63.2 cm³/mol. The Hall–Kier alpha value is -0.860. The first-order valence-electron chi connectivity index (χ1n) is 5.70. The van der Waals surface area contributed by atoms with Crippen LogP contribution in [0, 0.1) is 0 Å². The summed E-state index contributed by atoms with van der Waals surface area (Å²) in [6.07, 6.45) is 0. The maximum atomic E-state index is 4.34. The SMILES string of the molecule is CC(C)c1c(C(C)(C)C)nnn1C(C)C. The van der Waals surface area contributed by atoms with Gasteiger partial charge in [0, 0.05) is 11.5 Å². The maximum absolute atomic E-state index is 4.34. The van der Waals surface area contributed by atoms with Gasteiger partial charge in [-0.1, -0.05) is 39.8 Å². The fourth-order valence-corrected chi connectivity index (χ4v) is 1.75. The van der Waals surface area contributed by atoms with Crippen molar-refractivity contribution in [3.8, 4) is 0 Å². The third kappa shape index (κ3) is 2.39. The summed E-state index contributed by atoms with van der Waals surface area (Å²) in [5.74, 6) is 0.469. The molecule has 0 aliphatic rings. The zero-order valence-electron chi connectivity index (χ0n) is 11.0. The van der Waals surface area contributed by atoms with Crippen molar-refractivity contribution >= 4 is 0 Å². The first kappa shape index (κ1) is 12.2. The summed E-state index contributed by atoms with van der Waals surface area (Å²) in [5.41, 5.74) is 2.48. The molecular formula is C12H23N3. The number of hydrogen-bond acceptors (Lipinski definition) is 2. The van der Waals surface area contributed by atoms with Crippen molar-refractivity contribution in [1.29, 1.82) is 0 Å². The molecule has 0 amide bonds. The van der Waals surface area contributed by atoms with Crippen LogP contribution < -0.4 is 0 Å². The zero-order chi connectivity index (χ0) is 11.8. The molecule has 1 rings (SSSR count). The average Bonchev–Trinajstić information content (AvgIpc) is 2.45. The molecule has 0 fully saturated rings. The minimum Gasteiger partial charge on any atom is -0.246 e. The molecule has 0 spiro atoms. The Morgan fingerprint density at radius 1 is 1.07 bits per heavy atom. The monoisotopic (exact) mass is 209 g/mol. The van der Waals surface area contributed by atoms with Crippen LogP contribution in [0.5, 0.6) is 0 Å². The molecule has 1 aromatic rings. The molecule has 3 heteroatoms. The minimum absolute atomic E-state index is 0.0761. The van der Waals surface area contributed by atoms with Crippen LogP contribution in [-0.2, 0) is 5.41 Å². The van der Waals surface area contributed by atoms with Gasteiger partial charge < -0.3 is 0 Å². The van der Waals surface area contributed by atoms with E-state index in [-0.39, 0.29) is 5.41 Å². The molecule has 0 N–H and O–H groups in total. The van der Waals surface area contributed by atoms with Crippen LogP contribution in [0.2, 0.25) is 0 Å². The van der Waals surface area contributed by atoms with Gasteiger partial charge in [-0.05, 0) is 19.8 Å². The van der Waals surface area contributed by atoms with Crippen LogP contribution in [0.4, 0.5) is 0 Å². The van der Waals surface area contributed by atoms with Crippen molar-refractivity contribution in [1.82, 2.24) is 15.0 Å². The molecule has 0 saturated heterocycles. The summed E-state index contributed by atoms with van der Waals surface area (Å²) < 4.78 is 2.05. The second-order valence-corrected chi connectivity index (χ2v) is 5.77. The summed E-state index contributed by atoms with van der Waals surface area (Å²) in [4.78, 5) is 0. The zero-order valence-corrected chi connectivity index (χ0v) is 11.0. The van der Waals surface area contributed by atoms with E-state index in [0.29, 0.717) is 12.0 Å². The summed E-state index contributed by atoms with van der Waals surface area (Å²) in [7, 11) is 0. The molecule has 0 aliphatic carbocycles. The lowest BCUT2D eigenvalue weighted by Crippen LogP contribution is -2.17. The van der Waals surface area contributed by atoms with Gasteiger partial charge in [0.15, 0.2) is 0 Å². The molecular weight excluding hydrogens is 186 g/mol. The van der Waals surface area contributed by atoms with Gasteiger partial charge in [-0.25, -0.2) is 4.68 Å². The van der Waals surface area contributed by atoms with Crippen molar-refractivity contribution in [2.45, 2.75) is 65.8 Å². The average molecular weight is 209 g/mol. The standard InChI is InChI=1S/C12H23N3/c1-8(2)10-11(12(5,6)7)13-14-15(10)9(3)4/h8-9H,1-7H3. The molecule has 0 aromatic carbocycles. The fourth-order valence-electron chi connectivity index (χ4n) is 1.75. The number of aromatic nitrogens is 3. The lowest BCUT2D eigenvalue weighted by Gasteiger charge is -2.20. The van der Waals surface area contributed by atoms with E-state index in [1.54, 1.807) is 0 Å². The molecule has 0 bridgehead atoms. The van der Waals surface area contributed by atoms with Gasteiger partial charge in [0.1, 0.15) is 0 Å².